The van der Waals surface area contributed by atoms with E-state index in [1.165, 1.54) is 12.8 Å². The Bertz CT molecular complexity index is 497. The quantitative estimate of drug-likeness (QED) is 0.859. The summed E-state index contributed by atoms with van der Waals surface area (Å²) >= 11 is 0. The molecule has 2 fully saturated rings. The summed E-state index contributed by atoms with van der Waals surface area (Å²) in [5.74, 6) is 1.55. The van der Waals surface area contributed by atoms with Gasteiger partial charge in [-0.1, -0.05) is 0 Å². The van der Waals surface area contributed by atoms with Crippen LogP contribution in [0.3, 0.4) is 0 Å². The third kappa shape index (κ3) is 1.85. The molecule has 19 heavy (non-hydrogen) atoms. The number of hydrogen-bond acceptors (Lipinski definition) is 4. The van der Waals surface area contributed by atoms with E-state index in [4.69, 9.17) is 4.74 Å². The minimum Gasteiger partial charge on any atom is -0.377 e. The predicted molar refractivity (Wildman–Crippen MR) is 67.6 cm³/mol. The molecule has 0 aromatic carbocycles. The number of aromatic amines is 1. The molecule has 4 rings (SSSR count). The van der Waals surface area contributed by atoms with Crippen molar-refractivity contribution < 1.29 is 9.53 Å². The van der Waals surface area contributed by atoms with Gasteiger partial charge in [0.05, 0.1) is 12.0 Å². The van der Waals surface area contributed by atoms with Crippen LogP contribution in [-0.2, 0) is 16.0 Å². The van der Waals surface area contributed by atoms with Gasteiger partial charge in [0.2, 0.25) is 5.91 Å². The van der Waals surface area contributed by atoms with Gasteiger partial charge >= 0.3 is 0 Å². The van der Waals surface area contributed by atoms with E-state index in [2.05, 4.69) is 15.4 Å². The van der Waals surface area contributed by atoms with E-state index in [1.54, 1.807) is 0 Å². The largest absolute Gasteiger partial charge is 0.377 e. The second-order valence-corrected chi connectivity index (χ2v) is 5.76. The first kappa shape index (κ1) is 11.4. The lowest BCUT2D eigenvalue weighted by Gasteiger charge is -2.28. The van der Waals surface area contributed by atoms with Gasteiger partial charge in [-0.25, -0.2) is 0 Å². The van der Waals surface area contributed by atoms with Gasteiger partial charge in [0, 0.05) is 13.2 Å². The monoisotopic (exact) mass is 262 g/mol. The minimum absolute atomic E-state index is 0.0233. The molecule has 1 N–H and O–H groups in total. The highest BCUT2D eigenvalue weighted by Gasteiger charge is 2.45. The zero-order valence-electron chi connectivity index (χ0n) is 10.8. The molecule has 102 valence electrons. The average molecular weight is 262 g/mol. The van der Waals surface area contributed by atoms with Crippen LogP contribution in [0, 0.1) is 11.8 Å². The Labute approximate surface area is 111 Å². The Morgan fingerprint density at radius 2 is 2.21 bits per heavy atom. The van der Waals surface area contributed by atoms with Crippen molar-refractivity contribution in [2.45, 2.75) is 38.2 Å². The molecule has 1 aliphatic carbocycles. The fourth-order valence-corrected chi connectivity index (χ4v) is 3.32. The van der Waals surface area contributed by atoms with Crippen LogP contribution in [0.5, 0.6) is 0 Å². The van der Waals surface area contributed by atoms with Crippen molar-refractivity contribution in [3.05, 3.63) is 5.69 Å². The van der Waals surface area contributed by atoms with Crippen LogP contribution in [0.2, 0.25) is 0 Å². The molecule has 1 amide bonds. The molecular formula is C13H18N4O2. The smallest absolute Gasteiger partial charge is 0.234 e. The van der Waals surface area contributed by atoms with E-state index in [0.717, 1.165) is 43.9 Å². The number of aromatic nitrogens is 3. The molecule has 0 bridgehead atoms. The average Bonchev–Trinajstić information content (AvgIpc) is 2.98. The van der Waals surface area contributed by atoms with E-state index >= 15 is 0 Å². The van der Waals surface area contributed by atoms with Crippen LogP contribution in [0.1, 0.15) is 31.4 Å². The van der Waals surface area contributed by atoms with Crippen molar-refractivity contribution >= 4 is 11.7 Å². The molecule has 2 atom stereocenters. The summed E-state index contributed by atoms with van der Waals surface area (Å²) in [4.78, 5) is 14.6. The number of carbonyl (C=O) groups excluding carboxylic acids is 1. The molecule has 3 aliphatic rings. The number of nitrogens with zero attached hydrogens (tertiary/aromatic N) is 3. The zero-order valence-corrected chi connectivity index (χ0v) is 10.8. The molecule has 6 nitrogen and oxygen atoms in total. The summed E-state index contributed by atoms with van der Waals surface area (Å²) in [6.45, 7) is 1.48. The summed E-state index contributed by atoms with van der Waals surface area (Å²) in [5, 5.41) is 10.9. The standard InChI is InChI=1S/C13H18N4O2/c18-13(9-5-7-19-11(9)8-3-4-8)17-6-1-2-10-12(17)15-16-14-10/h8-9,11H,1-7H2,(H,14,15,16)/t9-,11+/m1/s1. The van der Waals surface area contributed by atoms with Gasteiger partial charge < -0.3 is 4.74 Å². The third-order valence-corrected chi connectivity index (χ3v) is 4.46. The van der Waals surface area contributed by atoms with Crippen LogP contribution in [0.4, 0.5) is 5.82 Å². The first-order valence-electron chi connectivity index (χ1n) is 7.17. The minimum atomic E-state index is 0.0233. The second kappa shape index (κ2) is 4.30. The van der Waals surface area contributed by atoms with Gasteiger partial charge in [0.15, 0.2) is 5.82 Å². The highest BCUT2D eigenvalue weighted by molar-refractivity contribution is 5.95. The van der Waals surface area contributed by atoms with Gasteiger partial charge in [-0.2, -0.15) is 10.3 Å². The lowest BCUT2D eigenvalue weighted by Crippen LogP contribution is -2.42. The van der Waals surface area contributed by atoms with Crippen molar-refractivity contribution in [3.8, 4) is 0 Å². The lowest BCUT2D eigenvalue weighted by atomic mass is 9.95. The molecule has 0 spiro atoms. The number of ether oxygens (including phenoxy) is 1. The molecule has 1 saturated heterocycles. The number of nitrogens with one attached hydrogen (secondary N) is 1. The maximum Gasteiger partial charge on any atom is 0.234 e. The van der Waals surface area contributed by atoms with Crippen LogP contribution in [0.25, 0.3) is 0 Å². The Hall–Kier alpha value is -1.43. The second-order valence-electron chi connectivity index (χ2n) is 5.76. The Kier molecular flexibility index (Phi) is 2.58. The summed E-state index contributed by atoms with van der Waals surface area (Å²) in [5.41, 5.74) is 0.918. The van der Waals surface area contributed by atoms with Crippen molar-refractivity contribution in [1.82, 2.24) is 15.4 Å². The highest BCUT2D eigenvalue weighted by Crippen LogP contribution is 2.42. The van der Waals surface area contributed by atoms with Crippen LogP contribution in [0.15, 0.2) is 0 Å². The fourth-order valence-electron chi connectivity index (χ4n) is 3.32. The van der Waals surface area contributed by atoms with Crippen molar-refractivity contribution in [2.24, 2.45) is 11.8 Å². The van der Waals surface area contributed by atoms with E-state index < -0.39 is 0 Å². The zero-order chi connectivity index (χ0) is 12.8. The molecule has 6 heteroatoms. The fraction of sp³-hybridized carbons (Fsp3) is 0.769. The van der Waals surface area contributed by atoms with Crippen LogP contribution in [-0.4, -0.2) is 40.6 Å². The SMILES string of the molecule is O=C([C@@H]1CCO[C@H]1C1CC1)N1CCCc2n[nH]nc21. The molecule has 0 unspecified atom stereocenters. The molecule has 1 saturated carbocycles. The first-order chi connectivity index (χ1) is 9.34. The Morgan fingerprint density at radius 3 is 3.05 bits per heavy atom. The number of carbonyl (C=O) groups is 1. The molecule has 1 aromatic heterocycles. The van der Waals surface area contributed by atoms with E-state index in [1.807, 2.05) is 4.90 Å². The van der Waals surface area contributed by atoms with E-state index in [-0.39, 0.29) is 17.9 Å². The van der Waals surface area contributed by atoms with Gasteiger partial charge in [0.1, 0.15) is 5.69 Å². The highest BCUT2D eigenvalue weighted by atomic mass is 16.5. The Morgan fingerprint density at radius 1 is 1.32 bits per heavy atom. The van der Waals surface area contributed by atoms with E-state index in [0.29, 0.717) is 5.92 Å². The maximum atomic E-state index is 12.8. The molecule has 3 heterocycles. The molecular weight excluding hydrogens is 244 g/mol. The van der Waals surface area contributed by atoms with Gasteiger partial charge in [0.25, 0.3) is 0 Å². The van der Waals surface area contributed by atoms with Gasteiger partial charge in [-0.3, -0.25) is 9.69 Å². The van der Waals surface area contributed by atoms with Gasteiger partial charge in [-0.15, -0.1) is 5.10 Å². The van der Waals surface area contributed by atoms with Crippen molar-refractivity contribution in [2.75, 3.05) is 18.1 Å². The number of rotatable bonds is 2. The molecule has 1 aromatic rings. The maximum absolute atomic E-state index is 12.8. The summed E-state index contributed by atoms with van der Waals surface area (Å²) < 4.78 is 5.78. The number of anilines is 1. The van der Waals surface area contributed by atoms with Crippen LogP contribution < -0.4 is 4.90 Å². The normalized spacial score (nSPS) is 30.4. The number of fused-ring (bicyclic) bond motifs is 1. The molecule has 0 radical (unpaired) electrons. The van der Waals surface area contributed by atoms with Gasteiger partial charge in [-0.05, 0) is 38.0 Å². The first-order valence-corrected chi connectivity index (χ1v) is 7.17. The van der Waals surface area contributed by atoms with Crippen LogP contribution >= 0.6 is 0 Å². The topological polar surface area (TPSA) is 71.1 Å². The summed E-state index contributed by atoms with van der Waals surface area (Å²) in [7, 11) is 0. The predicted octanol–water partition coefficient (Wildman–Crippen LogP) is 0.899. The lowest BCUT2D eigenvalue weighted by molar-refractivity contribution is -0.124. The van der Waals surface area contributed by atoms with Crippen molar-refractivity contribution in [3.63, 3.8) is 0 Å². The Balaban J connectivity index is 1.58. The third-order valence-electron chi connectivity index (χ3n) is 4.46. The summed E-state index contributed by atoms with van der Waals surface area (Å²) in [6, 6.07) is 0. The number of H-pyrrole nitrogens is 1. The van der Waals surface area contributed by atoms with E-state index in [9.17, 15) is 4.79 Å². The van der Waals surface area contributed by atoms with Crippen molar-refractivity contribution in [1.29, 1.82) is 0 Å². The molecule has 2 aliphatic heterocycles. The summed E-state index contributed by atoms with van der Waals surface area (Å²) in [6.07, 6.45) is 5.29. The number of hydrogen-bond donors (Lipinski definition) is 1. The number of aryl methyl sites for hydroxylation is 1. The number of amides is 1.